The van der Waals surface area contributed by atoms with Crippen LogP contribution in [0.25, 0.3) is 0 Å². The monoisotopic (exact) mass is 356 g/mol. The van der Waals surface area contributed by atoms with Gasteiger partial charge in [-0.15, -0.1) is 0 Å². The molecule has 0 aliphatic heterocycles. The van der Waals surface area contributed by atoms with E-state index in [1.54, 1.807) is 7.11 Å². The molecule has 0 aromatic heterocycles. The number of ether oxygens (including phenoxy) is 1. The Morgan fingerprint density at radius 3 is 2.62 bits per heavy atom. The molecular formula is C16H24N2O5S. The number of carbonyl (C=O) groups is 1. The second-order valence-electron chi connectivity index (χ2n) is 6.12. The molecule has 1 aliphatic rings. The highest BCUT2D eigenvalue weighted by atomic mass is 32.2. The van der Waals surface area contributed by atoms with Crippen LogP contribution in [0.4, 0.5) is 5.69 Å². The highest BCUT2D eigenvalue weighted by Crippen LogP contribution is 2.24. The van der Waals surface area contributed by atoms with E-state index in [0.717, 1.165) is 25.7 Å². The molecule has 0 unspecified atom stereocenters. The Hall–Kier alpha value is -1.64. The van der Waals surface area contributed by atoms with Gasteiger partial charge in [0.1, 0.15) is 0 Å². The summed E-state index contributed by atoms with van der Waals surface area (Å²) < 4.78 is 32.6. The van der Waals surface area contributed by atoms with Crippen molar-refractivity contribution in [2.24, 2.45) is 0 Å². The molecule has 1 aromatic rings. The molecule has 0 bridgehead atoms. The number of benzene rings is 1. The Morgan fingerprint density at radius 2 is 2.04 bits per heavy atom. The standard InChI is InChI=1S/C16H24N2O5S/c1-11(10-23-2)17-15-8-7-13(9-14(15)16(19)20)24(21,22)18-12-5-3-4-6-12/h7-9,11-12,17-18H,3-6,10H2,1-2H3,(H,19,20)/t11-/m0/s1. The first-order chi connectivity index (χ1) is 11.3. The van der Waals surface area contributed by atoms with Crippen molar-refractivity contribution in [1.82, 2.24) is 4.72 Å². The van der Waals surface area contributed by atoms with Crippen molar-refractivity contribution < 1.29 is 23.1 Å². The summed E-state index contributed by atoms with van der Waals surface area (Å²) in [5.74, 6) is -1.18. The van der Waals surface area contributed by atoms with E-state index in [4.69, 9.17) is 4.74 Å². The number of carboxylic acid groups (broad SMARTS) is 1. The predicted octanol–water partition coefficient (Wildman–Crippen LogP) is 2.05. The SMILES string of the molecule is COC[C@H](C)Nc1ccc(S(=O)(=O)NC2CCCC2)cc1C(=O)O. The van der Waals surface area contributed by atoms with E-state index in [0.29, 0.717) is 12.3 Å². The minimum atomic E-state index is -3.72. The van der Waals surface area contributed by atoms with E-state index < -0.39 is 16.0 Å². The predicted molar refractivity (Wildman–Crippen MR) is 90.9 cm³/mol. The van der Waals surface area contributed by atoms with Crippen molar-refractivity contribution >= 4 is 21.7 Å². The maximum absolute atomic E-state index is 12.5. The summed E-state index contributed by atoms with van der Waals surface area (Å²) in [7, 11) is -2.16. The summed E-state index contributed by atoms with van der Waals surface area (Å²) >= 11 is 0. The molecule has 0 radical (unpaired) electrons. The van der Waals surface area contributed by atoms with Crippen LogP contribution in [0.3, 0.4) is 0 Å². The molecule has 1 aromatic carbocycles. The molecular weight excluding hydrogens is 332 g/mol. The van der Waals surface area contributed by atoms with Crippen molar-refractivity contribution in [3.8, 4) is 0 Å². The third kappa shape index (κ3) is 4.68. The highest BCUT2D eigenvalue weighted by Gasteiger charge is 2.24. The summed E-state index contributed by atoms with van der Waals surface area (Å²) in [6.07, 6.45) is 3.65. The molecule has 24 heavy (non-hydrogen) atoms. The molecule has 2 rings (SSSR count). The molecule has 8 heteroatoms. The van der Waals surface area contributed by atoms with Gasteiger partial charge in [-0.25, -0.2) is 17.9 Å². The van der Waals surface area contributed by atoms with Crippen molar-refractivity contribution in [3.05, 3.63) is 23.8 Å². The fourth-order valence-corrected chi connectivity index (χ4v) is 4.21. The molecule has 0 amide bonds. The zero-order chi connectivity index (χ0) is 17.7. The number of hydrogen-bond acceptors (Lipinski definition) is 5. The maximum Gasteiger partial charge on any atom is 0.337 e. The third-order valence-electron chi connectivity index (χ3n) is 4.03. The lowest BCUT2D eigenvalue weighted by Crippen LogP contribution is -2.32. The second kappa shape index (κ2) is 7.96. The quantitative estimate of drug-likeness (QED) is 0.658. The lowest BCUT2D eigenvalue weighted by molar-refractivity contribution is 0.0697. The van der Waals surface area contributed by atoms with E-state index in [2.05, 4.69) is 10.0 Å². The fourth-order valence-electron chi connectivity index (χ4n) is 2.88. The third-order valence-corrected chi connectivity index (χ3v) is 5.55. The van der Waals surface area contributed by atoms with Crippen LogP contribution in [0.15, 0.2) is 23.1 Å². The molecule has 0 spiro atoms. The summed E-state index contributed by atoms with van der Waals surface area (Å²) in [6, 6.07) is 3.93. The summed E-state index contributed by atoms with van der Waals surface area (Å²) in [5, 5.41) is 12.4. The van der Waals surface area contributed by atoms with E-state index in [-0.39, 0.29) is 22.5 Å². The van der Waals surface area contributed by atoms with Gasteiger partial charge in [0.2, 0.25) is 10.0 Å². The zero-order valence-corrected chi connectivity index (χ0v) is 14.7. The van der Waals surface area contributed by atoms with E-state index in [1.165, 1.54) is 18.2 Å². The molecule has 3 N–H and O–H groups in total. The number of aromatic carboxylic acids is 1. The van der Waals surface area contributed by atoms with Crippen molar-refractivity contribution in [2.75, 3.05) is 19.0 Å². The van der Waals surface area contributed by atoms with Crippen LogP contribution in [0.1, 0.15) is 43.0 Å². The summed E-state index contributed by atoms with van der Waals surface area (Å²) in [4.78, 5) is 11.5. The summed E-state index contributed by atoms with van der Waals surface area (Å²) in [5.41, 5.74) is 0.291. The first kappa shape index (κ1) is 18.7. The van der Waals surface area contributed by atoms with Crippen LogP contribution in [-0.4, -0.2) is 45.3 Å². The van der Waals surface area contributed by atoms with Gasteiger partial charge in [0.05, 0.1) is 17.1 Å². The molecule has 0 heterocycles. The van der Waals surface area contributed by atoms with Crippen LogP contribution in [0.2, 0.25) is 0 Å². The lowest BCUT2D eigenvalue weighted by Gasteiger charge is -2.17. The fraction of sp³-hybridized carbons (Fsp3) is 0.562. The molecule has 7 nitrogen and oxygen atoms in total. The Kier molecular flexibility index (Phi) is 6.20. The van der Waals surface area contributed by atoms with Crippen LogP contribution < -0.4 is 10.0 Å². The lowest BCUT2D eigenvalue weighted by atomic mass is 10.1. The van der Waals surface area contributed by atoms with Gasteiger partial charge in [-0.1, -0.05) is 12.8 Å². The molecule has 1 atom stereocenters. The van der Waals surface area contributed by atoms with Crippen molar-refractivity contribution in [3.63, 3.8) is 0 Å². The van der Waals surface area contributed by atoms with Crippen LogP contribution in [0, 0.1) is 0 Å². The van der Waals surface area contributed by atoms with E-state index in [1.807, 2.05) is 6.92 Å². The molecule has 0 saturated heterocycles. The number of methoxy groups -OCH3 is 1. The number of anilines is 1. The number of sulfonamides is 1. The van der Waals surface area contributed by atoms with Crippen LogP contribution >= 0.6 is 0 Å². The topological polar surface area (TPSA) is 105 Å². The molecule has 1 aliphatic carbocycles. The van der Waals surface area contributed by atoms with Gasteiger partial charge in [0.15, 0.2) is 0 Å². The smallest absolute Gasteiger partial charge is 0.337 e. The van der Waals surface area contributed by atoms with Gasteiger partial charge in [0.25, 0.3) is 0 Å². The Labute approximate surface area is 142 Å². The largest absolute Gasteiger partial charge is 0.478 e. The van der Waals surface area contributed by atoms with Crippen molar-refractivity contribution in [1.29, 1.82) is 0 Å². The Balaban J connectivity index is 2.25. The van der Waals surface area contributed by atoms with Gasteiger partial charge < -0.3 is 15.2 Å². The first-order valence-electron chi connectivity index (χ1n) is 7.98. The van der Waals surface area contributed by atoms with Gasteiger partial charge in [-0.3, -0.25) is 0 Å². The van der Waals surface area contributed by atoms with Crippen LogP contribution in [-0.2, 0) is 14.8 Å². The van der Waals surface area contributed by atoms with Gasteiger partial charge >= 0.3 is 5.97 Å². The second-order valence-corrected chi connectivity index (χ2v) is 7.83. The normalized spacial score (nSPS) is 16.9. The van der Waals surface area contributed by atoms with Crippen molar-refractivity contribution in [2.45, 2.75) is 49.6 Å². The van der Waals surface area contributed by atoms with Gasteiger partial charge in [-0.05, 0) is 38.0 Å². The van der Waals surface area contributed by atoms with Gasteiger partial charge in [-0.2, -0.15) is 0 Å². The van der Waals surface area contributed by atoms with Gasteiger partial charge in [0, 0.05) is 24.9 Å². The zero-order valence-electron chi connectivity index (χ0n) is 13.9. The average Bonchev–Trinajstić information content (AvgIpc) is 2.99. The highest BCUT2D eigenvalue weighted by molar-refractivity contribution is 7.89. The van der Waals surface area contributed by atoms with Crippen LogP contribution in [0.5, 0.6) is 0 Å². The van der Waals surface area contributed by atoms with E-state index in [9.17, 15) is 18.3 Å². The number of nitrogens with one attached hydrogen (secondary N) is 2. The number of carboxylic acids is 1. The molecule has 1 fully saturated rings. The van der Waals surface area contributed by atoms with E-state index >= 15 is 0 Å². The number of rotatable bonds is 8. The molecule has 1 saturated carbocycles. The minimum absolute atomic E-state index is 0.0308. The first-order valence-corrected chi connectivity index (χ1v) is 9.47. The Morgan fingerprint density at radius 1 is 1.38 bits per heavy atom. The summed E-state index contributed by atoms with van der Waals surface area (Å²) in [6.45, 7) is 2.25. The number of hydrogen-bond donors (Lipinski definition) is 3. The maximum atomic E-state index is 12.5. The Bertz CT molecular complexity index is 684. The molecule has 134 valence electrons. The average molecular weight is 356 g/mol. The minimum Gasteiger partial charge on any atom is -0.478 e.